The topological polar surface area (TPSA) is 64.2 Å². The van der Waals surface area contributed by atoms with Crippen molar-refractivity contribution in [2.75, 3.05) is 0 Å². The first-order valence-corrected chi connectivity index (χ1v) is 7.10. The maximum atomic E-state index is 10.1. The molecule has 0 aliphatic heterocycles. The molecule has 1 rings (SSSR count). The predicted molar refractivity (Wildman–Crippen MR) is 85.3 cm³/mol. The molecule has 0 aromatic heterocycles. The Labute approximate surface area is 126 Å². The van der Waals surface area contributed by atoms with Gasteiger partial charge in [0.2, 0.25) is 0 Å². The maximum Gasteiger partial charge on any atom is 0.140 e. The van der Waals surface area contributed by atoms with E-state index in [-0.39, 0.29) is 17.1 Å². The van der Waals surface area contributed by atoms with E-state index in [0.717, 1.165) is 12.8 Å². The summed E-state index contributed by atoms with van der Waals surface area (Å²) in [6, 6.07) is 3.50. The van der Waals surface area contributed by atoms with Gasteiger partial charge in [-0.05, 0) is 58.6 Å². The normalized spacial score (nSPS) is 11.1. The van der Waals surface area contributed by atoms with E-state index in [1.165, 1.54) is 17.2 Å². The highest BCUT2D eigenvalue weighted by molar-refractivity contribution is 5.58. The third-order valence-electron chi connectivity index (χ3n) is 3.44. The molecule has 0 heterocycles. The summed E-state index contributed by atoms with van der Waals surface area (Å²) >= 11 is 0. The fraction of sp³-hybridized carbons (Fsp3) is 0.389. The Morgan fingerprint density at radius 3 is 2.48 bits per heavy atom. The van der Waals surface area contributed by atoms with Gasteiger partial charge in [-0.1, -0.05) is 23.3 Å². The second-order valence-corrected chi connectivity index (χ2v) is 5.60. The lowest BCUT2D eigenvalue weighted by molar-refractivity contribution is 0.439. The van der Waals surface area contributed by atoms with Gasteiger partial charge in [0.05, 0.1) is 5.56 Å². The van der Waals surface area contributed by atoms with Crippen LogP contribution in [0.2, 0.25) is 0 Å². The molecule has 0 aliphatic carbocycles. The molecule has 0 unspecified atom stereocenters. The van der Waals surface area contributed by atoms with Gasteiger partial charge in [-0.15, -0.1) is 0 Å². The third kappa shape index (κ3) is 4.68. The van der Waals surface area contributed by atoms with E-state index >= 15 is 0 Å². The number of phenols is 2. The van der Waals surface area contributed by atoms with Gasteiger partial charge in [-0.3, -0.25) is 0 Å². The molecule has 3 heteroatoms. The van der Waals surface area contributed by atoms with E-state index in [1.54, 1.807) is 6.92 Å². The van der Waals surface area contributed by atoms with Gasteiger partial charge in [0.1, 0.15) is 17.6 Å². The lowest BCUT2D eigenvalue weighted by Gasteiger charge is -2.09. The van der Waals surface area contributed by atoms with Crippen LogP contribution in [-0.4, -0.2) is 10.2 Å². The standard InChI is InChI=1S/C18H23NO2/c1-12(2)6-5-7-13(3)8-9-15-17(20)10-14(4)16(11-19)18(15)21/h6,8,10,20-21H,5,7,9H2,1-4H3/b13-8-. The van der Waals surface area contributed by atoms with E-state index in [1.807, 2.05) is 19.1 Å². The number of hydrogen-bond donors (Lipinski definition) is 2. The number of aromatic hydroxyl groups is 2. The molecule has 0 fully saturated rings. The summed E-state index contributed by atoms with van der Waals surface area (Å²) in [7, 11) is 0. The number of benzene rings is 1. The molecular formula is C18H23NO2. The summed E-state index contributed by atoms with van der Waals surface area (Å²) in [5.74, 6) is -0.0688. The summed E-state index contributed by atoms with van der Waals surface area (Å²) in [5.41, 5.74) is 3.73. The highest BCUT2D eigenvalue weighted by Gasteiger charge is 2.14. The van der Waals surface area contributed by atoms with Gasteiger partial charge in [0.15, 0.2) is 0 Å². The van der Waals surface area contributed by atoms with E-state index in [9.17, 15) is 10.2 Å². The van der Waals surface area contributed by atoms with Crippen molar-refractivity contribution in [3.05, 3.63) is 46.1 Å². The minimum atomic E-state index is -0.108. The van der Waals surface area contributed by atoms with Crippen molar-refractivity contribution in [3.8, 4) is 17.6 Å². The van der Waals surface area contributed by atoms with Crippen molar-refractivity contribution in [1.29, 1.82) is 5.26 Å². The average Bonchev–Trinajstić information content (AvgIpc) is 2.38. The Balaban J connectivity index is 2.89. The van der Waals surface area contributed by atoms with Gasteiger partial charge in [0, 0.05) is 5.56 Å². The van der Waals surface area contributed by atoms with E-state index in [0.29, 0.717) is 17.5 Å². The number of phenolic OH excluding ortho intramolecular Hbond substituents is 2. The molecule has 1 aromatic carbocycles. The molecule has 0 atom stereocenters. The number of allylic oxidation sites excluding steroid dienone is 4. The SMILES string of the molecule is CC(C)=CCC/C(C)=C\Cc1c(O)cc(C)c(C#N)c1O. The minimum Gasteiger partial charge on any atom is -0.508 e. The highest BCUT2D eigenvalue weighted by Crippen LogP contribution is 2.33. The van der Waals surface area contributed by atoms with Crippen molar-refractivity contribution < 1.29 is 10.2 Å². The van der Waals surface area contributed by atoms with Crippen LogP contribution in [0.1, 0.15) is 50.3 Å². The van der Waals surface area contributed by atoms with Crippen LogP contribution < -0.4 is 0 Å². The number of nitriles is 1. The average molecular weight is 285 g/mol. The first-order chi connectivity index (χ1) is 9.86. The molecule has 0 saturated heterocycles. The van der Waals surface area contributed by atoms with Crippen LogP contribution in [0, 0.1) is 18.3 Å². The fourth-order valence-corrected chi connectivity index (χ4v) is 2.13. The summed E-state index contributed by atoms with van der Waals surface area (Å²) in [5, 5.41) is 29.1. The molecule has 0 bridgehead atoms. The molecular weight excluding hydrogens is 262 g/mol. The first-order valence-electron chi connectivity index (χ1n) is 7.10. The van der Waals surface area contributed by atoms with Gasteiger partial charge in [0.25, 0.3) is 0 Å². The zero-order chi connectivity index (χ0) is 16.0. The number of aryl methyl sites for hydroxylation is 1. The van der Waals surface area contributed by atoms with E-state index in [2.05, 4.69) is 19.9 Å². The van der Waals surface area contributed by atoms with Crippen LogP contribution in [-0.2, 0) is 6.42 Å². The molecule has 3 nitrogen and oxygen atoms in total. The van der Waals surface area contributed by atoms with Gasteiger partial charge in [-0.2, -0.15) is 5.26 Å². The van der Waals surface area contributed by atoms with Crippen LogP contribution >= 0.6 is 0 Å². The molecule has 1 aromatic rings. The summed E-state index contributed by atoms with van der Waals surface area (Å²) in [6.07, 6.45) is 6.53. The van der Waals surface area contributed by atoms with Gasteiger partial charge < -0.3 is 10.2 Å². The van der Waals surface area contributed by atoms with Crippen molar-refractivity contribution in [2.24, 2.45) is 0 Å². The largest absolute Gasteiger partial charge is 0.508 e. The first kappa shape index (κ1) is 16.8. The third-order valence-corrected chi connectivity index (χ3v) is 3.44. The molecule has 0 amide bonds. The summed E-state index contributed by atoms with van der Waals surface area (Å²) < 4.78 is 0. The lowest BCUT2D eigenvalue weighted by Crippen LogP contribution is -1.92. The van der Waals surface area contributed by atoms with Gasteiger partial charge >= 0.3 is 0 Å². The Hall–Kier alpha value is -2.21. The Morgan fingerprint density at radius 2 is 1.90 bits per heavy atom. The molecule has 0 aliphatic rings. The minimum absolute atomic E-state index is 0.0392. The zero-order valence-electron chi connectivity index (χ0n) is 13.2. The van der Waals surface area contributed by atoms with Gasteiger partial charge in [-0.25, -0.2) is 0 Å². The van der Waals surface area contributed by atoms with Crippen molar-refractivity contribution in [2.45, 2.75) is 47.0 Å². The monoisotopic (exact) mass is 285 g/mol. The quantitative estimate of drug-likeness (QED) is 0.782. The maximum absolute atomic E-state index is 10.1. The second-order valence-electron chi connectivity index (χ2n) is 5.60. The van der Waals surface area contributed by atoms with Crippen molar-refractivity contribution >= 4 is 0 Å². The molecule has 0 spiro atoms. The van der Waals surface area contributed by atoms with Crippen LogP contribution in [0.4, 0.5) is 0 Å². The molecule has 2 N–H and O–H groups in total. The summed E-state index contributed by atoms with van der Waals surface area (Å²) in [4.78, 5) is 0. The number of nitrogens with zero attached hydrogens (tertiary/aromatic N) is 1. The van der Waals surface area contributed by atoms with Crippen molar-refractivity contribution in [3.63, 3.8) is 0 Å². The molecule has 112 valence electrons. The molecule has 21 heavy (non-hydrogen) atoms. The van der Waals surface area contributed by atoms with Crippen LogP contribution in [0.5, 0.6) is 11.5 Å². The Bertz CT molecular complexity index is 615. The Kier molecular flexibility index (Phi) is 6.05. The highest BCUT2D eigenvalue weighted by atomic mass is 16.3. The van der Waals surface area contributed by atoms with E-state index < -0.39 is 0 Å². The van der Waals surface area contributed by atoms with Crippen LogP contribution in [0.25, 0.3) is 0 Å². The smallest absolute Gasteiger partial charge is 0.140 e. The van der Waals surface area contributed by atoms with Crippen molar-refractivity contribution in [1.82, 2.24) is 0 Å². The van der Waals surface area contributed by atoms with E-state index in [4.69, 9.17) is 5.26 Å². The Morgan fingerprint density at radius 1 is 1.24 bits per heavy atom. The number of rotatable bonds is 5. The predicted octanol–water partition coefficient (Wildman–Crippen LogP) is 4.51. The van der Waals surface area contributed by atoms with Crippen LogP contribution in [0.15, 0.2) is 29.4 Å². The fourth-order valence-electron chi connectivity index (χ4n) is 2.13. The lowest BCUT2D eigenvalue weighted by atomic mass is 9.99. The molecule has 0 radical (unpaired) electrons. The van der Waals surface area contributed by atoms with Crippen LogP contribution in [0.3, 0.4) is 0 Å². The number of hydrogen-bond acceptors (Lipinski definition) is 3. The summed E-state index contributed by atoms with van der Waals surface area (Å²) in [6.45, 7) is 7.88. The zero-order valence-corrected chi connectivity index (χ0v) is 13.2. The molecule has 0 saturated carbocycles. The second kappa shape index (κ2) is 7.54.